The first-order valence-electron chi connectivity index (χ1n) is 5.73. The third kappa shape index (κ3) is 1.67. The molecule has 0 atom stereocenters. The third-order valence-electron chi connectivity index (χ3n) is 3.12. The highest BCUT2D eigenvalue weighted by atomic mass is 15.0. The van der Waals surface area contributed by atoms with E-state index < -0.39 is 0 Å². The molecular formula is C14H19N. The Kier molecular flexibility index (Phi) is 2.56. The Labute approximate surface area is 91.7 Å². The van der Waals surface area contributed by atoms with Crippen LogP contribution in [0.5, 0.6) is 0 Å². The van der Waals surface area contributed by atoms with Crippen molar-refractivity contribution in [1.82, 2.24) is 4.57 Å². The molecule has 1 aromatic heterocycles. The summed E-state index contributed by atoms with van der Waals surface area (Å²) in [6, 6.07) is 9.10. The average Bonchev–Trinajstić information content (AvgIpc) is 2.51. The van der Waals surface area contributed by atoms with Crippen molar-refractivity contribution in [2.45, 2.75) is 40.2 Å². The minimum Gasteiger partial charge on any atom is -0.345 e. The summed E-state index contributed by atoms with van der Waals surface area (Å²) in [4.78, 5) is 0. The predicted molar refractivity (Wildman–Crippen MR) is 66.4 cm³/mol. The summed E-state index contributed by atoms with van der Waals surface area (Å²) >= 11 is 0. The molecule has 0 aliphatic rings. The molecule has 0 amide bonds. The van der Waals surface area contributed by atoms with E-state index in [1.54, 1.807) is 0 Å². The van der Waals surface area contributed by atoms with Crippen molar-refractivity contribution in [2.24, 2.45) is 0 Å². The Hall–Kier alpha value is -1.24. The van der Waals surface area contributed by atoms with Crippen molar-refractivity contribution in [3.8, 4) is 0 Å². The second-order valence-corrected chi connectivity index (χ2v) is 4.50. The fourth-order valence-electron chi connectivity index (χ4n) is 2.21. The van der Waals surface area contributed by atoms with Crippen molar-refractivity contribution < 1.29 is 0 Å². The minimum atomic E-state index is 0.611. The Morgan fingerprint density at radius 1 is 1.20 bits per heavy atom. The topological polar surface area (TPSA) is 4.93 Å². The Bertz CT molecular complexity index is 477. The summed E-state index contributed by atoms with van der Waals surface area (Å²) in [6.07, 6.45) is 0. The van der Waals surface area contributed by atoms with Gasteiger partial charge in [0.2, 0.25) is 0 Å². The van der Waals surface area contributed by atoms with Gasteiger partial charge in [-0.3, -0.25) is 0 Å². The van der Waals surface area contributed by atoms with Gasteiger partial charge in [0.1, 0.15) is 0 Å². The summed E-state index contributed by atoms with van der Waals surface area (Å²) in [5.74, 6) is 0.611. The molecule has 1 heteroatoms. The zero-order chi connectivity index (χ0) is 11.0. The van der Waals surface area contributed by atoms with E-state index in [9.17, 15) is 0 Å². The van der Waals surface area contributed by atoms with Gasteiger partial charge in [-0.1, -0.05) is 19.9 Å². The first-order chi connectivity index (χ1) is 7.13. The monoisotopic (exact) mass is 201 g/mol. The minimum absolute atomic E-state index is 0.611. The number of fused-ring (bicyclic) bond motifs is 1. The number of hydrogen-bond donors (Lipinski definition) is 0. The van der Waals surface area contributed by atoms with E-state index in [0.29, 0.717) is 5.92 Å². The van der Waals surface area contributed by atoms with Crippen LogP contribution in [0.1, 0.15) is 37.9 Å². The first kappa shape index (κ1) is 10.3. The lowest BCUT2D eigenvalue weighted by Crippen LogP contribution is -1.95. The van der Waals surface area contributed by atoms with Gasteiger partial charge in [-0.15, -0.1) is 0 Å². The number of benzene rings is 1. The van der Waals surface area contributed by atoms with Crippen molar-refractivity contribution in [2.75, 3.05) is 0 Å². The Morgan fingerprint density at radius 2 is 1.93 bits per heavy atom. The molecule has 0 unspecified atom stereocenters. The van der Waals surface area contributed by atoms with Crippen molar-refractivity contribution in [3.63, 3.8) is 0 Å². The van der Waals surface area contributed by atoms with E-state index in [1.165, 1.54) is 22.2 Å². The maximum atomic E-state index is 2.36. The van der Waals surface area contributed by atoms with Crippen LogP contribution in [0.2, 0.25) is 0 Å². The molecule has 0 bridgehead atoms. The zero-order valence-electron chi connectivity index (χ0n) is 10.0. The average molecular weight is 201 g/mol. The van der Waals surface area contributed by atoms with Crippen LogP contribution in [0, 0.1) is 6.92 Å². The van der Waals surface area contributed by atoms with E-state index >= 15 is 0 Å². The van der Waals surface area contributed by atoms with Crippen LogP contribution < -0.4 is 0 Å². The van der Waals surface area contributed by atoms with Crippen LogP contribution >= 0.6 is 0 Å². The Balaban J connectivity index is 2.64. The lowest BCUT2D eigenvalue weighted by Gasteiger charge is -2.07. The maximum Gasteiger partial charge on any atom is 0.0482 e. The molecule has 0 spiro atoms. The summed E-state index contributed by atoms with van der Waals surface area (Å²) in [7, 11) is 0. The van der Waals surface area contributed by atoms with E-state index in [1.807, 2.05) is 0 Å². The molecular weight excluding hydrogens is 182 g/mol. The largest absolute Gasteiger partial charge is 0.345 e. The van der Waals surface area contributed by atoms with Gasteiger partial charge in [0.15, 0.2) is 0 Å². The first-order valence-corrected chi connectivity index (χ1v) is 5.73. The molecule has 15 heavy (non-hydrogen) atoms. The normalized spacial score (nSPS) is 11.5. The fraction of sp³-hybridized carbons (Fsp3) is 0.429. The molecule has 2 rings (SSSR count). The predicted octanol–water partition coefficient (Wildman–Crippen LogP) is 4.09. The van der Waals surface area contributed by atoms with Crippen LogP contribution in [0.25, 0.3) is 10.9 Å². The van der Waals surface area contributed by atoms with Gasteiger partial charge >= 0.3 is 0 Å². The van der Waals surface area contributed by atoms with Crippen molar-refractivity contribution in [3.05, 3.63) is 35.5 Å². The molecule has 0 saturated carbocycles. The quantitative estimate of drug-likeness (QED) is 0.689. The maximum absolute atomic E-state index is 2.36. The number of aryl methyl sites for hydroxylation is 2. The molecule has 1 nitrogen and oxygen atoms in total. The number of rotatable bonds is 2. The van der Waals surface area contributed by atoms with Gasteiger partial charge in [0, 0.05) is 23.1 Å². The van der Waals surface area contributed by atoms with E-state index in [2.05, 4.69) is 56.5 Å². The van der Waals surface area contributed by atoms with E-state index in [-0.39, 0.29) is 0 Å². The smallest absolute Gasteiger partial charge is 0.0482 e. The van der Waals surface area contributed by atoms with Crippen molar-refractivity contribution >= 4 is 10.9 Å². The zero-order valence-corrected chi connectivity index (χ0v) is 10.0. The molecule has 0 aliphatic heterocycles. The number of aromatic nitrogens is 1. The SMILES string of the molecule is CCn1c(C)cc2cc(C(C)C)ccc21. The fourth-order valence-corrected chi connectivity index (χ4v) is 2.21. The summed E-state index contributed by atoms with van der Waals surface area (Å²) in [5.41, 5.74) is 4.14. The summed E-state index contributed by atoms with van der Waals surface area (Å²) < 4.78 is 2.36. The van der Waals surface area contributed by atoms with Crippen LogP contribution in [0.4, 0.5) is 0 Å². The second-order valence-electron chi connectivity index (χ2n) is 4.50. The van der Waals surface area contributed by atoms with Gasteiger partial charge in [-0.25, -0.2) is 0 Å². The van der Waals surface area contributed by atoms with Gasteiger partial charge in [0.25, 0.3) is 0 Å². The van der Waals surface area contributed by atoms with Crippen LogP contribution in [0.15, 0.2) is 24.3 Å². The van der Waals surface area contributed by atoms with E-state index in [0.717, 1.165) is 6.54 Å². The molecule has 80 valence electrons. The summed E-state index contributed by atoms with van der Waals surface area (Å²) in [5, 5.41) is 1.38. The third-order valence-corrected chi connectivity index (χ3v) is 3.12. The highest BCUT2D eigenvalue weighted by molar-refractivity contribution is 5.82. The lowest BCUT2D eigenvalue weighted by atomic mass is 10.0. The van der Waals surface area contributed by atoms with Gasteiger partial charge in [-0.2, -0.15) is 0 Å². The second kappa shape index (κ2) is 3.73. The van der Waals surface area contributed by atoms with Crippen LogP contribution in [0.3, 0.4) is 0 Å². The lowest BCUT2D eigenvalue weighted by molar-refractivity contribution is 0.769. The van der Waals surface area contributed by atoms with Gasteiger partial charge in [0.05, 0.1) is 0 Å². The number of hydrogen-bond acceptors (Lipinski definition) is 0. The molecule has 0 N–H and O–H groups in total. The highest BCUT2D eigenvalue weighted by Crippen LogP contribution is 2.24. The van der Waals surface area contributed by atoms with Crippen LogP contribution in [-0.2, 0) is 6.54 Å². The van der Waals surface area contributed by atoms with E-state index in [4.69, 9.17) is 0 Å². The van der Waals surface area contributed by atoms with Gasteiger partial charge < -0.3 is 4.57 Å². The molecule has 0 radical (unpaired) electrons. The molecule has 0 saturated heterocycles. The molecule has 1 aromatic carbocycles. The molecule has 2 aromatic rings. The molecule has 0 fully saturated rings. The molecule has 0 aliphatic carbocycles. The number of nitrogens with zero attached hydrogens (tertiary/aromatic N) is 1. The highest BCUT2D eigenvalue weighted by Gasteiger charge is 2.06. The van der Waals surface area contributed by atoms with Crippen LogP contribution in [-0.4, -0.2) is 4.57 Å². The summed E-state index contributed by atoms with van der Waals surface area (Å²) in [6.45, 7) is 9.91. The van der Waals surface area contributed by atoms with Crippen molar-refractivity contribution in [1.29, 1.82) is 0 Å². The Morgan fingerprint density at radius 3 is 2.53 bits per heavy atom. The van der Waals surface area contributed by atoms with Gasteiger partial charge in [-0.05, 0) is 43.5 Å². The standard InChI is InChI=1S/C14H19N/c1-5-15-11(4)8-13-9-12(10(2)3)6-7-14(13)15/h6-10H,5H2,1-4H3. The molecule has 1 heterocycles.